The Balaban J connectivity index is 2.14. The van der Waals surface area contributed by atoms with Crippen molar-refractivity contribution in [3.05, 3.63) is 44.9 Å². The number of aryl methyl sites for hydroxylation is 3. The largest absolute Gasteiger partial charge is 0.253 e. The Morgan fingerprint density at radius 2 is 2.11 bits per heavy atom. The fourth-order valence-corrected chi connectivity index (χ4v) is 2.43. The zero-order valence-corrected chi connectivity index (χ0v) is 12.1. The molecular weight excluding hydrogens is 266 g/mol. The van der Waals surface area contributed by atoms with Crippen LogP contribution < -0.4 is 5.43 Å². The van der Waals surface area contributed by atoms with Crippen molar-refractivity contribution in [1.29, 1.82) is 0 Å². The maximum absolute atomic E-state index is 6.22. The van der Waals surface area contributed by atoms with Gasteiger partial charge in [0.25, 0.3) is 0 Å². The lowest BCUT2D eigenvalue weighted by Crippen LogP contribution is -1.93. The van der Waals surface area contributed by atoms with E-state index in [4.69, 9.17) is 11.6 Å². The van der Waals surface area contributed by atoms with Crippen LogP contribution in [0.5, 0.6) is 0 Å². The second-order valence-electron chi connectivity index (χ2n) is 4.15. The summed E-state index contributed by atoms with van der Waals surface area (Å²) in [6.07, 6.45) is 1.72. The number of halogens is 1. The molecule has 0 spiro atoms. The third-order valence-electron chi connectivity index (χ3n) is 2.41. The van der Waals surface area contributed by atoms with Gasteiger partial charge in [0.15, 0.2) is 0 Å². The molecule has 1 heterocycles. The zero-order chi connectivity index (χ0) is 13.1. The van der Waals surface area contributed by atoms with Gasteiger partial charge in [0.05, 0.1) is 16.9 Å². The van der Waals surface area contributed by atoms with Crippen LogP contribution in [0, 0.1) is 20.8 Å². The maximum Gasteiger partial charge on any atom is 0.203 e. The van der Waals surface area contributed by atoms with Crippen LogP contribution >= 0.6 is 22.9 Å². The minimum atomic E-state index is 0.737. The summed E-state index contributed by atoms with van der Waals surface area (Å²) in [5.74, 6) is 0. The SMILES string of the molecule is Cc1cc(C)c(Cl)c(C=NNc2nc(C)cs2)c1. The summed E-state index contributed by atoms with van der Waals surface area (Å²) in [5, 5.41) is 7.65. The van der Waals surface area contributed by atoms with Crippen LogP contribution in [-0.2, 0) is 0 Å². The summed E-state index contributed by atoms with van der Waals surface area (Å²) in [6, 6.07) is 4.06. The average molecular weight is 280 g/mol. The molecular formula is C13H14ClN3S. The smallest absolute Gasteiger partial charge is 0.203 e. The fraction of sp³-hybridized carbons (Fsp3) is 0.231. The summed E-state index contributed by atoms with van der Waals surface area (Å²) in [4.78, 5) is 4.26. The van der Waals surface area contributed by atoms with E-state index in [0.717, 1.165) is 27.0 Å². The van der Waals surface area contributed by atoms with Crippen molar-refractivity contribution in [2.75, 3.05) is 5.43 Å². The van der Waals surface area contributed by atoms with Gasteiger partial charge >= 0.3 is 0 Å². The Morgan fingerprint density at radius 1 is 1.33 bits per heavy atom. The first-order chi connectivity index (χ1) is 8.56. The number of thiazole rings is 1. The Morgan fingerprint density at radius 3 is 2.78 bits per heavy atom. The molecule has 0 saturated heterocycles. The molecule has 1 aromatic carbocycles. The van der Waals surface area contributed by atoms with E-state index in [0.29, 0.717) is 0 Å². The predicted octanol–water partition coefficient (Wildman–Crippen LogP) is 4.17. The molecule has 0 aliphatic heterocycles. The standard InChI is InChI=1S/C13H14ClN3S/c1-8-4-9(2)12(14)11(5-8)6-15-17-13-16-10(3)7-18-13/h4-7H,1-3H3,(H,16,17). The van der Waals surface area contributed by atoms with Gasteiger partial charge in [-0.1, -0.05) is 23.2 Å². The molecule has 0 fully saturated rings. The predicted molar refractivity (Wildman–Crippen MR) is 79.0 cm³/mol. The summed E-state index contributed by atoms with van der Waals surface area (Å²) >= 11 is 7.75. The Labute approximate surface area is 116 Å². The quantitative estimate of drug-likeness (QED) is 0.676. The fourth-order valence-electron chi connectivity index (χ4n) is 1.64. The first-order valence-corrected chi connectivity index (χ1v) is 6.80. The molecule has 1 N–H and O–H groups in total. The second kappa shape index (κ2) is 5.50. The van der Waals surface area contributed by atoms with Crippen molar-refractivity contribution in [3.63, 3.8) is 0 Å². The van der Waals surface area contributed by atoms with Gasteiger partial charge in [0, 0.05) is 10.9 Å². The van der Waals surface area contributed by atoms with Crippen molar-refractivity contribution in [2.24, 2.45) is 5.10 Å². The Bertz CT molecular complexity index is 590. The number of hydrogen-bond acceptors (Lipinski definition) is 4. The van der Waals surface area contributed by atoms with Gasteiger partial charge in [-0.15, -0.1) is 11.3 Å². The number of hydrazone groups is 1. The lowest BCUT2D eigenvalue weighted by atomic mass is 10.1. The number of rotatable bonds is 3. The highest BCUT2D eigenvalue weighted by Gasteiger charge is 2.02. The van der Waals surface area contributed by atoms with E-state index in [1.54, 1.807) is 6.21 Å². The molecule has 5 heteroatoms. The lowest BCUT2D eigenvalue weighted by Gasteiger charge is -2.04. The van der Waals surface area contributed by atoms with Crippen LogP contribution in [-0.4, -0.2) is 11.2 Å². The Hall–Kier alpha value is -1.39. The third kappa shape index (κ3) is 3.09. The van der Waals surface area contributed by atoms with Crippen LogP contribution in [0.15, 0.2) is 22.6 Å². The topological polar surface area (TPSA) is 37.3 Å². The van der Waals surface area contributed by atoms with Gasteiger partial charge in [-0.25, -0.2) is 4.98 Å². The number of nitrogens with zero attached hydrogens (tertiary/aromatic N) is 2. The van der Waals surface area contributed by atoms with Crippen molar-refractivity contribution < 1.29 is 0 Å². The zero-order valence-electron chi connectivity index (χ0n) is 10.5. The second-order valence-corrected chi connectivity index (χ2v) is 5.39. The highest BCUT2D eigenvalue weighted by atomic mass is 35.5. The van der Waals surface area contributed by atoms with E-state index >= 15 is 0 Å². The monoisotopic (exact) mass is 279 g/mol. The molecule has 0 aliphatic rings. The van der Waals surface area contributed by atoms with E-state index in [2.05, 4.69) is 21.6 Å². The molecule has 2 rings (SSSR count). The number of benzene rings is 1. The molecule has 0 bridgehead atoms. The van der Waals surface area contributed by atoms with Gasteiger partial charge in [0.1, 0.15) is 0 Å². The molecule has 3 nitrogen and oxygen atoms in total. The first kappa shape index (κ1) is 13.1. The van der Waals surface area contributed by atoms with Crippen molar-refractivity contribution >= 4 is 34.3 Å². The number of nitrogens with one attached hydrogen (secondary N) is 1. The summed E-state index contributed by atoms with van der Waals surface area (Å²) in [5.41, 5.74) is 7.03. The van der Waals surface area contributed by atoms with Crippen LogP contribution in [0.1, 0.15) is 22.4 Å². The first-order valence-electron chi connectivity index (χ1n) is 5.54. The molecule has 0 saturated carbocycles. The minimum absolute atomic E-state index is 0.737. The van der Waals surface area contributed by atoms with Crippen LogP contribution in [0.4, 0.5) is 5.13 Å². The normalized spacial score (nSPS) is 11.1. The van der Waals surface area contributed by atoms with E-state index < -0.39 is 0 Å². The molecule has 0 unspecified atom stereocenters. The summed E-state index contributed by atoms with van der Waals surface area (Å²) in [6.45, 7) is 5.98. The van der Waals surface area contributed by atoms with Crippen LogP contribution in [0.2, 0.25) is 5.02 Å². The molecule has 0 aliphatic carbocycles. The summed E-state index contributed by atoms with van der Waals surface area (Å²) in [7, 11) is 0. The maximum atomic E-state index is 6.22. The van der Waals surface area contributed by atoms with Gasteiger partial charge in [0.2, 0.25) is 5.13 Å². The van der Waals surface area contributed by atoms with E-state index in [9.17, 15) is 0 Å². The highest BCUT2D eigenvalue weighted by molar-refractivity contribution is 7.13. The Kier molecular flexibility index (Phi) is 3.99. The minimum Gasteiger partial charge on any atom is -0.253 e. The van der Waals surface area contributed by atoms with E-state index in [1.807, 2.05) is 32.2 Å². The summed E-state index contributed by atoms with van der Waals surface area (Å²) < 4.78 is 0. The van der Waals surface area contributed by atoms with Crippen LogP contribution in [0.25, 0.3) is 0 Å². The molecule has 0 atom stereocenters. The lowest BCUT2D eigenvalue weighted by molar-refractivity contribution is 1.22. The molecule has 18 heavy (non-hydrogen) atoms. The van der Waals surface area contributed by atoms with Crippen LogP contribution in [0.3, 0.4) is 0 Å². The van der Waals surface area contributed by atoms with E-state index in [-0.39, 0.29) is 0 Å². The van der Waals surface area contributed by atoms with E-state index in [1.165, 1.54) is 16.9 Å². The third-order valence-corrected chi connectivity index (χ3v) is 3.79. The number of hydrogen-bond donors (Lipinski definition) is 1. The highest BCUT2D eigenvalue weighted by Crippen LogP contribution is 2.21. The average Bonchev–Trinajstić information content (AvgIpc) is 2.71. The number of anilines is 1. The van der Waals surface area contributed by atoms with Crippen molar-refractivity contribution in [1.82, 2.24) is 4.98 Å². The van der Waals surface area contributed by atoms with Gasteiger partial charge in [-0.2, -0.15) is 5.10 Å². The van der Waals surface area contributed by atoms with Crippen molar-refractivity contribution in [2.45, 2.75) is 20.8 Å². The van der Waals surface area contributed by atoms with Crippen molar-refractivity contribution in [3.8, 4) is 0 Å². The van der Waals surface area contributed by atoms with Gasteiger partial charge in [-0.3, -0.25) is 5.43 Å². The van der Waals surface area contributed by atoms with Gasteiger partial charge in [-0.05, 0) is 32.4 Å². The molecule has 2 aromatic rings. The van der Waals surface area contributed by atoms with Gasteiger partial charge < -0.3 is 0 Å². The molecule has 0 radical (unpaired) electrons. The molecule has 1 aromatic heterocycles. The molecule has 94 valence electrons. The number of aromatic nitrogens is 1. The molecule has 0 amide bonds.